The minimum atomic E-state index is 0.0653. The average Bonchev–Trinajstić information content (AvgIpc) is 3.13. The molecule has 0 spiro atoms. The summed E-state index contributed by atoms with van der Waals surface area (Å²) in [5, 5.41) is 8.06. The molecule has 1 aromatic carbocycles. The molecule has 0 unspecified atom stereocenters. The first kappa shape index (κ1) is 20.6. The van der Waals surface area contributed by atoms with Crippen LogP contribution in [0.1, 0.15) is 21.5 Å². The number of pyridine rings is 1. The molecule has 0 aliphatic carbocycles. The van der Waals surface area contributed by atoms with Crippen LogP contribution >= 0.6 is 23.2 Å². The highest BCUT2D eigenvalue weighted by atomic mass is 35.5. The SMILES string of the molecule is O=C1c2ccc(CN3CCN(c4cncc(Cl)c4Cl)CC3)cc2CN1N1C=CCNC1. The van der Waals surface area contributed by atoms with E-state index in [1.54, 1.807) is 17.4 Å². The standard InChI is InChI=1S/C22H24Cl2N6O/c23-19-11-26-12-20(21(19)24)28-8-6-27(7-9-28)13-16-2-3-18-17(10-16)14-30(22(18)31)29-5-1-4-25-15-29/h1-3,5,10-12,25H,4,6-9,13-15H2. The van der Waals surface area contributed by atoms with E-state index in [4.69, 9.17) is 23.2 Å². The number of hydrazine groups is 1. The molecule has 0 saturated carbocycles. The Morgan fingerprint density at radius 1 is 1.10 bits per heavy atom. The van der Waals surface area contributed by atoms with Crippen LogP contribution in [0, 0.1) is 0 Å². The maximum absolute atomic E-state index is 12.8. The number of nitrogens with one attached hydrogen (secondary N) is 1. The number of amides is 1. The summed E-state index contributed by atoms with van der Waals surface area (Å²) in [6.45, 7) is 6.55. The molecule has 1 aromatic heterocycles. The lowest BCUT2D eigenvalue weighted by atomic mass is 10.1. The van der Waals surface area contributed by atoms with Gasteiger partial charge in [0, 0.05) is 57.2 Å². The molecule has 0 radical (unpaired) electrons. The lowest BCUT2D eigenvalue weighted by Crippen LogP contribution is -2.46. The monoisotopic (exact) mass is 458 g/mol. The lowest BCUT2D eigenvalue weighted by molar-refractivity contribution is 0.0142. The van der Waals surface area contributed by atoms with Gasteiger partial charge in [-0.05, 0) is 17.2 Å². The Morgan fingerprint density at radius 3 is 2.71 bits per heavy atom. The smallest absolute Gasteiger partial charge is 0.273 e. The van der Waals surface area contributed by atoms with Crippen molar-refractivity contribution in [1.82, 2.24) is 25.2 Å². The van der Waals surface area contributed by atoms with Crippen molar-refractivity contribution in [3.63, 3.8) is 0 Å². The Hall–Kier alpha value is -2.32. The van der Waals surface area contributed by atoms with E-state index in [0.29, 0.717) is 23.3 Å². The topological polar surface area (TPSA) is 55.0 Å². The molecule has 2 aromatic rings. The maximum Gasteiger partial charge on any atom is 0.273 e. The van der Waals surface area contributed by atoms with Gasteiger partial charge in [-0.3, -0.25) is 25.0 Å². The van der Waals surface area contributed by atoms with Crippen molar-refractivity contribution < 1.29 is 4.79 Å². The summed E-state index contributed by atoms with van der Waals surface area (Å²) >= 11 is 12.5. The quantitative estimate of drug-likeness (QED) is 0.759. The molecule has 3 aliphatic rings. The molecule has 1 amide bonds. The predicted molar refractivity (Wildman–Crippen MR) is 122 cm³/mol. The van der Waals surface area contributed by atoms with Crippen LogP contribution in [0.5, 0.6) is 0 Å². The number of rotatable bonds is 4. The third-order valence-corrected chi connectivity index (χ3v) is 6.80. The minimum absolute atomic E-state index is 0.0653. The van der Waals surface area contributed by atoms with Crippen molar-refractivity contribution in [1.29, 1.82) is 0 Å². The minimum Gasteiger partial charge on any atom is -0.366 e. The Morgan fingerprint density at radius 2 is 1.94 bits per heavy atom. The van der Waals surface area contributed by atoms with Crippen LogP contribution in [0.3, 0.4) is 0 Å². The largest absolute Gasteiger partial charge is 0.366 e. The number of nitrogens with zero attached hydrogens (tertiary/aromatic N) is 5. The van der Waals surface area contributed by atoms with Crippen LogP contribution < -0.4 is 10.2 Å². The number of halogens is 2. The summed E-state index contributed by atoms with van der Waals surface area (Å²) in [6.07, 6.45) is 7.35. The van der Waals surface area contributed by atoms with Crippen LogP contribution in [0.4, 0.5) is 5.69 Å². The zero-order chi connectivity index (χ0) is 21.4. The molecular weight excluding hydrogens is 435 g/mol. The normalized spacial score (nSPS) is 19.3. The third kappa shape index (κ3) is 4.11. The number of aromatic nitrogens is 1. The van der Waals surface area contributed by atoms with Crippen LogP contribution in [-0.4, -0.2) is 65.2 Å². The van der Waals surface area contributed by atoms with Crippen molar-refractivity contribution in [2.75, 3.05) is 44.3 Å². The zero-order valence-corrected chi connectivity index (χ0v) is 18.6. The number of carbonyl (C=O) groups is 1. The highest BCUT2D eigenvalue weighted by molar-refractivity contribution is 6.43. The van der Waals surface area contributed by atoms with Gasteiger partial charge in [0.25, 0.3) is 5.91 Å². The van der Waals surface area contributed by atoms with E-state index in [0.717, 1.165) is 56.1 Å². The van der Waals surface area contributed by atoms with Crippen molar-refractivity contribution in [3.05, 3.63) is 69.6 Å². The fraction of sp³-hybridized carbons (Fsp3) is 0.364. The van der Waals surface area contributed by atoms with Gasteiger partial charge in [0.2, 0.25) is 0 Å². The van der Waals surface area contributed by atoms with Gasteiger partial charge in [-0.25, -0.2) is 5.01 Å². The fourth-order valence-electron chi connectivity index (χ4n) is 4.35. The number of hydrogen-bond acceptors (Lipinski definition) is 6. The maximum atomic E-state index is 12.8. The highest BCUT2D eigenvalue weighted by Gasteiger charge is 2.31. The molecule has 1 saturated heterocycles. The molecule has 162 valence electrons. The van der Waals surface area contributed by atoms with Gasteiger partial charge in [-0.1, -0.05) is 41.4 Å². The molecule has 1 N–H and O–H groups in total. The molecule has 4 heterocycles. The number of hydrogen-bond donors (Lipinski definition) is 1. The van der Waals surface area contributed by atoms with Crippen LogP contribution in [0.25, 0.3) is 0 Å². The Labute approximate surface area is 191 Å². The van der Waals surface area contributed by atoms with Gasteiger partial charge < -0.3 is 4.90 Å². The first-order valence-corrected chi connectivity index (χ1v) is 11.2. The molecule has 1 fully saturated rings. The Bertz CT molecular complexity index is 1020. The first-order chi connectivity index (χ1) is 15.1. The zero-order valence-electron chi connectivity index (χ0n) is 17.1. The summed E-state index contributed by atoms with van der Waals surface area (Å²) in [7, 11) is 0. The number of benzene rings is 1. The molecule has 31 heavy (non-hydrogen) atoms. The number of piperazine rings is 1. The third-order valence-electron chi connectivity index (χ3n) is 6.02. The van der Waals surface area contributed by atoms with E-state index in [2.05, 4.69) is 32.2 Å². The number of anilines is 1. The van der Waals surface area contributed by atoms with Crippen molar-refractivity contribution in [2.24, 2.45) is 0 Å². The summed E-state index contributed by atoms with van der Waals surface area (Å²) in [5.41, 5.74) is 4.02. The highest BCUT2D eigenvalue weighted by Crippen LogP contribution is 2.32. The second-order valence-corrected chi connectivity index (χ2v) is 8.79. The second kappa shape index (κ2) is 8.67. The van der Waals surface area contributed by atoms with Gasteiger partial charge >= 0.3 is 0 Å². The van der Waals surface area contributed by atoms with E-state index < -0.39 is 0 Å². The van der Waals surface area contributed by atoms with Crippen molar-refractivity contribution in [3.8, 4) is 0 Å². The van der Waals surface area contributed by atoms with E-state index in [1.807, 2.05) is 23.4 Å². The molecule has 5 rings (SSSR count). The number of carbonyl (C=O) groups excluding carboxylic acids is 1. The van der Waals surface area contributed by atoms with Crippen LogP contribution in [-0.2, 0) is 13.1 Å². The van der Waals surface area contributed by atoms with E-state index in [9.17, 15) is 4.79 Å². The van der Waals surface area contributed by atoms with Crippen molar-refractivity contribution in [2.45, 2.75) is 13.1 Å². The van der Waals surface area contributed by atoms with Gasteiger partial charge in [0.15, 0.2) is 0 Å². The molecule has 0 atom stereocenters. The lowest BCUT2D eigenvalue weighted by Gasteiger charge is -2.36. The van der Waals surface area contributed by atoms with E-state index in [-0.39, 0.29) is 5.91 Å². The summed E-state index contributed by atoms with van der Waals surface area (Å²) in [4.78, 5) is 21.6. The summed E-state index contributed by atoms with van der Waals surface area (Å²) in [5.74, 6) is 0.0653. The Kier molecular flexibility index (Phi) is 5.75. The fourth-order valence-corrected chi connectivity index (χ4v) is 4.72. The van der Waals surface area contributed by atoms with Gasteiger partial charge in [0.05, 0.1) is 35.1 Å². The van der Waals surface area contributed by atoms with Crippen LogP contribution in [0.2, 0.25) is 10.0 Å². The Balaban J connectivity index is 1.22. The number of fused-ring (bicyclic) bond motifs is 1. The summed E-state index contributed by atoms with van der Waals surface area (Å²) in [6, 6.07) is 6.23. The first-order valence-electron chi connectivity index (χ1n) is 10.4. The molecule has 9 heteroatoms. The molecule has 0 bridgehead atoms. The second-order valence-electron chi connectivity index (χ2n) is 8.01. The average molecular weight is 459 g/mol. The molecule has 7 nitrogen and oxygen atoms in total. The van der Waals surface area contributed by atoms with E-state index >= 15 is 0 Å². The van der Waals surface area contributed by atoms with Gasteiger partial charge in [-0.2, -0.15) is 0 Å². The summed E-state index contributed by atoms with van der Waals surface area (Å²) < 4.78 is 0. The van der Waals surface area contributed by atoms with E-state index in [1.165, 1.54) is 5.56 Å². The van der Waals surface area contributed by atoms with Crippen LogP contribution in [0.15, 0.2) is 42.9 Å². The molecular formula is C22H24Cl2N6O. The molecule has 3 aliphatic heterocycles. The van der Waals surface area contributed by atoms with Crippen molar-refractivity contribution >= 4 is 34.8 Å². The van der Waals surface area contributed by atoms with Gasteiger partial charge in [0.1, 0.15) is 0 Å². The van der Waals surface area contributed by atoms with Gasteiger partial charge in [-0.15, -0.1) is 0 Å². The predicted octanol–water partition coefficient (Wildman–Crippen LogP) is 2.96.